The van der Waals surface area contributed by atoms with Crippen LogP contribution in [0.15, 0.2) is 16.9 Å². The maximum Gasteiger partial charge on any atom is 0.225 e. The van der Waals surface area contributed by atoms with Crippen molar-refractivity contribution >= 4 is 27.8 Å². The summed E-state index contributed by atoms with van der Waals surface area (Å²) in [5.41, 5.74) is -0.182. The average Bonchev–Trinajstić information content (AvgIpc) is 2.77. The maximum absolute atomic E-state index is 12.1. The number of nitrogens with one attached hydrogen (secondary N) is 1. The van der Waals surface area contributed by atoms with Crippen LogP contribution in [0.5, 0.6) is 0 Å². The maximum atomic E-state index is 12.1. The van der Waals surface area contributed by atoms with E-state index in [1.54, 1.807) is 12.4 Å². The Morgan fingerprint density at radius 2 is 2.05 bits per heavy atom. The van der Waals surface area contributed by atoms with Crippen molar-refractivity contribution in [3.63, 3.8) is 0 Å². The van der Waals surface area contributed by atoms with E-state index < -0.39 is 0 Å². The molecule has 1 atom stereocenters. The normalized spacial score (nSPS) is 19.6. The molecule has 5 nitrogen and oxygen atoms in total. The van der Waals surface area contributed by atoms with Gasteiger partial charge in [0, 0.05) is 31.0 Å². The first-order valence-corrected chi connectivity index (χ1v) is 7.19. The molecule has 0 aliphatic carbocycles. The lowest BCUT2D eigenvalue weighted by Gasteiger charge is -2.23. The molecule has 2 rings (SSSR count). The van der Waals surface area contributed by atoms with Crippen LogP contribution in [-0.4, -0.2) is 34.5 Å². The zero-order valence-electron chi connectivity index (χ0n) is 11.5. The zero-order valence-corrected chi connectivity index (χ0v) is 13.1. The Morgan fingerprint density at radius 3 is 2.63 bits per heavy atom. The molecule has 2 heterocycles. The van der Waals surface area contributed by atoms with Crippen LogP contribution in [0.2, 0.25) is 0 Å². The van der Waals surface area contributed by atoms with Gasteiger partial charge in [0.2, 0.25) is 11.9 Å². The fourth-order valence-electron chi connectivity index (χ4n) is 2.10. The SMILES string of the molecule is CC(C)(C)NC(=O)C1CCN(c2ncc(Br)cn2)C1. The molecule has 1 aliphatic heterocycles. The van der Waals surface area contributed by atoms with Gasteiger partial charge in [-0.3, -0.25) is 4.79 Å². The van der Waals surface area contributed by atoms with Crippen molar-refractivity contribution in [3.05, 3.63) is 16.9 Å². The van der Waals surface area contributed by atoms with Gasteiger partial charge in [-0.25, -0.2) is 9.97 Å². The van der Waals surface area contributed by atoms with Crippen LogP contribution in [-0.2, 0) is 4.79 Å². The Kier molecular flexibility index (Phi) is 4.08. The standard InChI is InChI=1S/C13H19BrN4O/c1-13(2,3)17-11(19)9-4-5-18(8-9)12-15-6-10(14)7-16-12/h6-7,9H,4-5,8H2,1-3H3,(H,17,19). The molecule has 19 heavy (non-hydrogen) atoms. The number of amides is 1. The van der Waals surface area contributed by atoms with Crippen molar-refractivity contribution in [2.75, 3.05) is 18.0 Å². The first kappa shape index (κ1) is 14.2. The van der Waals surface area contributed by atoms with Crippen molar-refractivity contribution in [3.8, 4) is 0 Å². The largest absolute Gasteiger partial charge is 0.351 e. The van der Waals surface area contributed by atoms with Crippen molar-refractivity contribution in [2.24, 2.45) is 5.92 Å². The van der Waals surface area contributed by atoms with E-state index in [1.807, 2.05) is 20.8 Å². The van der Waals surface area contributed by atoms with Crippen LogP contribution in [0.4, 0.5) is 5.95 Å². The van der Waals surface area contributed by atoms with Crippen LogP contribution in [0.3, 0.4) is 0 Å². The van der Waals surface area contributed by atoms with Gasteiger partial charge in [0.15, 0.2) is 0 Å². The van der Waals surface area contributed by atoms with Gasteiger partial charge in [-0.1, -0.05) is 0 Å². The molecule has 6 heteroatoms. The number of anilines is 1. The van der Waals surface area contributed by atoms with Gasteiger partial charge < -0.3 is 10.2 Å². The summed E-state index contributed by atoms with van der Waals surface area (Å²) in [5.74, 6) is 0.827. The lowest BCUT2D eigenvalue weighted by Crippen LogP contribution is -2.44. The van der Waals surface area contributed by atoms with Gasteiger partial charge in [-0.15, -0.1) is 0 Å². The van der Waals surface area contributed by atoms with Crippen LogP contribution < -0.4 is 10.2 Å². The number of rotatable bonds is 2. The van der Waals surface area contributed by atoms with Gasteiger partial charge in [0.05, 0.1) is 10.4 Å². The van der Waals surface area contributed by atoms with Crippen LogP contribution in [0.25, 0.3) is 0 Å². The first-order valence-electron chi connectivity index (χ1n) is 6.40. The fourth-order valence-corrected chi connectivity index (χ4v) is 2.30. The second-order valence-electron chi connectivity index (χ2n) is 5.87. The minimum Gasteiger partial charge on any atom is -0.351 e. The summed E-state index contributed by atoms with van der Waals surface area (Å²) in [6, 6.07) is 0. The molecule has 0 saturated carbocycles. The monoisotopic (exact) mass is 326 g/mol. The molecule has 1 saturated heterocycles. The Hall–Kier alpha value is -1.17. The number of aromatic nitrogens is 2. The Morgan fingerprint density at radius 1 is 1.42 bits per heavy atom. The third-order valence-corrected chi connectivity index (χ3v) is 3.36. The molecule has 1 aromatic rings. The number of halogens is 1. The molecule has 1 N–H and O–H groups in total. The number of hydrogen-bond donors (Lipinski definition) is 1. The molecular weight excluding hydrogens is 308 g/mol. The Balaban J connectivity index is 1.96. The molecule has 1 aliphatic rings. The van der Waals surface area contributed by atoms with Crippen molar-refractivity contribution in [1.29, 1.82) is 0 Å². The van der Waals surface area contributed by atoms with Crippen molar-refractivity contribution in [1.82, 2.24) is 15.3 Å². The van der Waals surface area contributed by atoms with Crippen molar-refractivity contribution < 1.29 is 4.79 Å². The molecule has 1 amide bonds. The van der Waals surface area contributed by atoms with Gasteiger partial charge in [0.25, 0.3) is 0 Å². The highest BCUT2D eigenvalue weighted by molar-refractivity contribution is 9.10. The van der Waals surface area contributed by atoms with Crippen LogP contribution in [0, 0.1) is 5.92 Å². The topological polar surface area (TPSA) is 58.1 Å². The molecule has 0 aromatic carbocycles. The molecule has 104 valence electrons. The summed E-state index contributed by atoms with van der Waals surface area (Å²) < 4.78 is 0.859. The van der Waals surface area contributed by atoms with Gasteiger partial charge in [-0.2, -0.15) is 0 Å². The zero-order chi connectivity index (χ0) is 14.0. The molecular formula is C13H19BrN4O. The highest BCUT2D eigenvalue weighted by Gasteiger charge is 2.31. The predicted octanol–water partition coefficient (Wildman–Crippen LogP) is 1.98. The summed E-state index contributed by atoms with van der Waals surface area (Å²) in [5, 5.41) is 3.03. The van der Waals surface area contributed by atoms with E-state index in [4.69, 9.17) is 0 Å². The van der Waals surface area contributed by atoms with Gasteiger partial charge in [0.1, 0.15) is 0 Å². The summed E-state index contributed by atoms with van der Waals surface area (Å²) in [6.07, 6.45) is 4.30. The molecule has 1 unspecified atom stereocenters. The smallest absolute Gasteiger partial charge is 0.225 e. The van der Waals surface area contributed by atoms with E-state index in [-0.39, 0.29) is 17.4 Å². The number of carbonyl (C=O) groups is 1. The highest BCUT2D eigenvalue weighted by Crippen LogP contribution is 2.22. The van der Waals surface area contributed by atoms with E-state index >= 15 is 0 Å². The van der Waals surface area contributed by atoms with E-state index in [1.165, 1.54) is 0 Å². The number of nitrogens with zero attached hydrogens (tertiary/aromatic N) is 3. The van der Waals surface area contributed by atoms with Crippen molar-refractivity contribution in [2.45, 2.75) is 32.7 Å². The molecule has 1 fully saturated rings. The first-order chi connectivity index (χ1) is 8.85. The minimum atomic E-state index is -0.182. The van der Waals surface area contributed by atoms with E-state index in [9.17, 15) is 4.79 Å². The number of carbonyl (C=O) groups excluding carboxylic acids is 1. The molecule has 0 radical (unpaired) electrons. The van der Waals surface area contributed by atoms with Crippen LogP contribution in [0.1, 0.15) is 27.2 Å². The minimum absolute atomic E-state index is 0.0199. The second-order valence-corrected chi connectivity index (χ2v) is 6.79. The van der Waals surface area contributed by atoms with E-state index in [2.05, 4.69) is 36.1 Å². The fraction of sp³-hybridized carbons (Fsp3) is 0.615. The summed E-state index contributed by atoms with van der Waals surface area (Å²) in [4.78, 5) is 22.7. The van der Waals surface area contributed by atoms with Gasteiger partial charge >= 0.3 is 0 Å². The third-order valence-electron chi connectivity index (χ3n) is 2.95. The molecule has 1 aromatic heterocycles. The van der Waals surface area contributed by atoms with E-state index in [0.717, 1.165) is 17.4 Å². The Labute approximate surface area is 121 Å². The second kappa shape index (κ2) is 5.45. The highest BCUT2D eigenvalue weighted by atomic mass is 79.9. The summed E-state index contributed by atoms with van der Waals surface area (Å²) in [6.45, 7) is 7.49. The van der Waals surface area contributed by atoms with Crippen LogP contribution >= 0.6 is 15.9 Å². The van der Waals surface area contributed by atoms with E-state index in [0.29, 0.717) is 12.5 Å². The molecule has 0 spiro atoms. The lowest BCUT2D eigenvalue weighted by molar-refractivity contribution is -0.125. The predicted molar refractivity (Wildman–Crippen MR) is 77.9 cm³/mol. The Bertz CT molecular complexity index is 455. The summed E-state index contributed by atoms with van der Waals surface area (Å²) >= 11 is 3.31. The number of hydrogen-bond acceptors (Lipinski definition) is 4. The average molecular weight is 327 g/mol. The quantitative estimate of drug-likeness (QED) is 0.902. The third kappa shape index (κ3) is 3.89. The summed E-state index contributed by atoms with van der Waals surface area (Å²) in [7, 11) is 0. The lowest BCUT2D eigenvalue weighted by atomic mass is 10.0. The molecule has 0 bridgehead atoms. The van der Waals surface area contributed by atoms with Gasteiger partial charge in [-0.05, 0) is 43.1 Å².